The van der Waals surface area contributed by atoms with Crippen LogP contribution in [0.25, 0.3) is 21.8 Å². The summed E-state index contributed by atoms with van der Waals surface area (Å²) in [5.74, 6) is 0. The van der Waals surface area contributed by atoms with Crippen LogP contribution < -0.4 is 5.73 Å². The molecule has 0 saturated heterocycles. The van der Waals surface area contributed by atoms with Gasteiger partial charge in [0, 0.05) is 41.0 Å². The largest absolute Gasteiger partial charge is 0.396 e. The van der Waals surface area contributed by atoms with Crippen molar-refractivity contribution in [2.24, 2.45) is 5.73 Å². The van der Waals surface area contributed by atoms with Crippen molar-refractivity contribution < 1.29 is 5.11 Å². The maximum absolute atomic E-state index is 9.04. The highest BCUT2D eigenvalue weighted by atomic mass is 16.3. The van der Waals surface area contributed by atoms with Crippen LogP contribution in [-0.4, -0.2) is 16.3 Å². The fourth-order valence-electron chi connectivity index (χ4n) is 2.95. The second-order valence-corrected chi connectivity index (χ2v) is 5.16. The van der Waals surface area contributed by atoms with Gasteiger partial charge in [-0.3, -0.25) is 0 Å². The number of benzene rings is 2. The van der Waals surface area contributed by atoms with E-state index in [9.17, 15) is 0 Å². The standard InChI is InChI=1S/C17H20N2O/c1-2-19-16-6-4-3-5-13(16)14-11-12(7-8-17(14)19)15(18)9-10-20/h3-8,11,15,20H,2,9-10,18H2,1H3/t15-/m0/s1. The zero-order chi connectivity index (χ0) is 14.1. The average Bonchev–Trinajstić information content (AvgIpc) is 2.80. The number of aryl methyl sites for hydroxylation is 1. The lowest BCUT2D eigenvalue weighted by atomic mass is 10.0. The molecule has 1 aromatic heterocycles. The van der Waals surface area contributed by atoms with Crippen LogP contribution in [0.5, 0.6) is 0 Å². The average molecular weight is 268 g/mol. The Morgan fingerprint density at radius 1 is 1.10 bits per heavy atom. The molecule has 3 rings (SSSR count). The van der Waals surface area contributed by atoms with Gasteiger partial charge in [-0.1, -0.05) is 24.3 Å². The molecule has 1 atom stereocenters. The van der Waals surface area contributed by atoms with Gasteiger partial charge in [0.2, 0.25) is 0 Å². The third-order valence-corrected chi connectivity index (χ3v) is 3.98. The highest BCUT2D eigenvalue weighted by Gasteiger charge is 2.12. The second kappa shape index (κ2) is 5.27. The van der Waals surface area contributed by atoms with Crippen LogP contribution >= 0.6 is 0 Å². The predicted molar refractivity (Wildman–Crippen MR) is 83.7 cm³/mol. The molecule has 3 N–H and O–H groups in total. The topological polar surface area (TPSA) is 51.2 Å². The van der Waals surface area contributed by atoms with E-state index < -0.39 is 0 Å². The van der Waals surface area contributed by atoms with Crippen LogP contribution in [0.15, 0.2) is 42.5 Å². The third kappa shape index (κ3) is 1.99. The van der Waals surface area contributed by atoms with E-state index in [1.54, 1.807) is 0 Å². The van der Waals surface area contributed by atoms with Gasteiger partial charge in [-0.05, 0) is 37.1 Å². The van der Waals surface area contributed by atoms with Crippen molar-refractivity contribution in [3.63, 3.8) is 0 Å². The summed E-state index contributed by atoms with van der Waals surface area (Å²) in [4.78, 5) is 0. The van der Waals surface area contributed by atoms with Gasteiger partial charge < -0.3 is 15.4 Å². The summed E-state index contributed by atoms with van der Waals surface area (Å²) in [5, 5.41) is 11.6. The molecule has 3 nitrogen and oxygen atoms in total. The van der Waals surface area contributed by atoms with Crippen LogP contribution in [0.2, 0.25) is 0 Å². The molecule has 0 saturated carbocycles. The Morgan fingerprint density at radius 2 is 1.85 bits per heavy atom. The summed E-state index contributed by atoms with van der Waals surface area (Å²) < 4.78 is 2.33. The van der Waals surface area contributed by atoms with E-state index in [0.717, 1.165) is 12.1 Å². The molecule has 0 aliphatic rings. The van der Waals surface area contributed by atoms with E-state index in [0.29, 0.717) is 6.42 Å². The summed E-state index contributed by atoms with van der Waals surface area (Å²) in [6.45, 7) is 3.24. The predicted octanol–water partition coefficient (Wildman–Crippen LogP) is 3.20. The van der Waals surface area contributed by atoms with Crippen molar-refractivity contribution in [3.05, 3.63) is 48.0 Å². The third-order valence-electron chi connectivity index (χ3n) is 3.98. The second-order valence-electron chi connectivity index (χ2n) is 5.16. The number of hydrogen-bond acceptors (Lipinski definition) is 2. The molecule has 0 amide bonds. The van der Waals surface area contributed by atoms with E-state index in [4.69, 9.17) is 10.8 Å². The van der Waals surface area contributed by atoms with E-state index in [2.05, 4.69) is 54.0 Å². The number of aromatic nitrogens is 1. The Bertz CT molecular complexity index is 745. The van der Waals surface area contributed by atoms with Crippen molar-refractivity contribution in [2.75, 3.05) is 6.61 Å². The fourth-order valence-corrected chi connectivity index (χ4v) is 2.95. The first kappa shape index (κ1) is 13.2. The molecule has 0 aliphatic heterocycles. The lowest BCUT2D eigenvalue weighted by molar-refractivity contribution is 0.276. The molecule has 3 heteroatoms. The monoisotopic (exact) mass is 268 g/mol. The molecular weight excluding hydrogens is 248 g/mol. The van der Waals surface area contributed by atoms with E-state index in [1.165, 1.54) is 21.8 Å². The lowest BCUT2D eigenvalue weighted by Crippen LogP contribution is -2.11. The van der Waals surface area contributed by atoms with Crippen LogP contribution in [0, 0.1) is 0 Å². The Balaban J connectivity index is 2.26. The number of hydrogen-bond donors (Lipinski definition) is 2. The molecular formula is C17H20N2O. The SMILES string of the molecule is CCn1c2ccccc2c2cc([C@@H](N)CCO)ccc21. The summed E-state index contributed by atoms with van der Waals surface area (Å²) >= 11 is 0. The van der Waals surface area contributed by atoms with E-state index in [1.807, 2.05) is 0 Å². The van der Waals surface area contributed by atoms with Crippen molar-refractivity contribution in [1.29, 1.82) is 0 Å². The molecule has 0 bridgehead atoms. The zero-order valence-electron chi connectivity index (χ0n) is 11.7. The Hall–Kier alpha value is -1.84. The molecule has 0 radical (unpaired) electrons. The first-order chi connectivity index (χ1) is 9.76. The molecule has 20 heavy (non-hydrogen) atoms. The molecule has 0 spiro atoms. The normalized spacial score (nSPS) is 13.2. The molecule has 1 heterocycles. The summed E-state index contributed by atoms with van der Waals surface area (Å²) in [6, 6.07) is 14.8. The molecule has 2 aromatic carbocycles. The summed E-state index contributed by atoms with van der Waals surface area (Å²) in [6.07, 6.45) is 0.595. The van der Waals surface area contributed by atoms with Gasteiger partial charge in [-0.15, -0.1) is 0 Å². The Morgan fingerprint density at radius 3 is 2.60 bits per heavy atom. The van der Waals surface area contributed by atoms with Gasteiger partial charge in [0.15, 0.2) is 0 Å². The number of para-hydroxylation sites is 1. The van der Waals surface area contributed by atoms with Crippen molar-refractivity contribution in [2.45, 2.75) is 25.9 Å². The maximum atomic E-state index is 9.04. The molecule has 0 aliphatic carbocycles. The van der Waals surface area contributed by atoms with Gasteiger partial charge in [0.25, 0.3) is 0 Å². The quantitative estimate of drug-likeness (QED) is 0.763. The zero-order valence-corrected chi connectivity index (χ0v) is 11.7. The lowest BCUT2D eigenvalue weighted by Gasteiger charge is -2.11. The van der Waals surface area contributed by atoms with Gasteiger partial charge in [-0.2, -0.15) is 0 Å². The number of rotatable bonds is 4. The highest BCUT2D eigenvalue weighted by molar-refractivity contribution is 6.08. The smallest absolute Gasteiger partial charge is 0.0491 e. The molecule has 0 fully saturated rings. The van der Waals surface area contributed by atoms with Gasteiger partial charge in [-0.25, -0.2) is 0 Å². The van der Waals surface area contributed by atoms with Gasteiger partial charge in [0.1, 0.15) is 0 Å². The van der Waals surface area contributed by atoms with Crippen molar-refractivity contribution in [1.82, 2.24) is 4.57 Å². The van der Waals surface area contributed by atoms with E-state index >= 15 is 0 Å². The van der Waals surface area contributed by atoms with Gasteiger partial charge in [0.05, 0.1) is 0 Å². The minimum absolute atomic E-state index is 0.104. The Kier molecular flexibility index (Phi) is 3.47. The maximum Gasteiger partial charge on any atom is 0.0491 e. The fraction of sp³-hybridized carbons (Fsp3) is 0.294. The number of nitrogens with two attached hydrogens (primary N) is 1. The number of aliphatic hydroxyl groups is 1. The molecule has 0 unspecified atom stereocenters. The van der Waals surface area contributed by atoms with Crippen LogP contribution in [0.4, 0.5) is 0 Å². The minimum atomic E-state index is -0.104. The van der Waals surface area contributed by atoms with Gasteiger partial charge >= 0.3 is 0 Å². The van der Waals surface area contributed by atoms with Crippen LogP contribution in [-0.2, 0) is 6.54 Å². The number of nitrogens with zero attached hydrogens (tertiary/aromatic N) is 1. The van der Waals surface area contributed by atoms with Crippen molar-refractivity contribution >= 4 is 21.8 Å². The van der Waals surface area contributed by atoms with Crippen LogP contribution in [0.3, 0.4) is 0 Å². The Labute approximate surface area is 118 Å². The summed E-state index contributed by atoms with van der Waals surface area (Å²) in [5.41, 5.74) is 9.71. The molecule has 3 aromatic rings. The molecule has 104 valence electrons. The van der Waals surface area contributed by atoms with Crippen molar-refractivity contribution in [3.8, 4) is 0 Å². The number of aliphatic hydroxyl groups excluding tert-OH is 1. The minimum Gasteiger partial charge on any atom is -0.396 e. The summed E-state index contributed by atoms with van der Waals surface area (Å²) in [7, 11) is 0. The first-order valence-electron chi connectivity index (χ1n) is 7.13. The first-order valence-corrected chi connectivity index (χ1v) is 7.13. The van der Waals surface area contributed by atoms with E-state index in [-0.39, 0.29) is 12.6 Å². The van der Waals surface area contributed by atoms with Crippen LogP contribution in [0.1, 0.15) is 24.9 Å². The highest BCUT2D eigenvalue weighted by Crippen LogP contribution is 2.31. The number of fused-ring (bicyclic) bond motifs is 3.